The van der Waals surface area contributed by atoms with Crippen molar-refractivity contribution in [2.75, 3.05) is 39.5 Å². The molecule has 18 heavy (non-hydrogen) atoms. The van der Waals surface area contributed by atoms with Crippen molar-refractivity contribution in [3.8, 4) is 0 Å². The SMILES string of the molecule is O=P([O-])([O-])OCC1CCCO1.OCCNCCO. The van der Waals surface area contributed by atoms with E-state index in [9.17, 15) is 14.4 Å². The van der Waals surface area contributed by atoms with Crippen molar-refractivity contribution in [2.24, 2.45) is 0 Å². The monoisotopic (exact) mass is 285 g/mol. The predicted molar refractivity (Wildman–Crippen MR) is 59.6 cm³/mol. The number of phosphoric ester groups is 1. The van der Waals surface area contributed by atoms with Crippen molar-refractivity contribution in [3.05, 3.63) is 0 Å². The van der Waals surface area contributed by atoms with Crippen LogP contribution in [0.3, 0.4) is 0 Å². The Hall–Kier alpha value is -0.0500. The first-order valence-electron chi connectivity index (χ1n) is 5.70. The minimum Gasteiger partial charge on any atom is -0.790 e. The number of ether oxygens (including phenoxy) is 1. The maximum Gasteiger partial charge on any atom is 0.0813 e. The van der Waals surface area contributed by atoms with Gasteiger partial charge in [0.25, 0.3) is 0 Å². The van der Waals surface area contributed by atoms with Crippen LogP contribution in [0, 0.1) is 0 Å². The van der Waals surface area contributed by atoms with Crippen LogP contribution < -0.4 is 15.1 Å². The van der Waals surface area contributed by atoms with Gasteiger partial charge in [-0.05, 0) is 12.8 Å². The molecule has 1 saturated heterocycles. The standard InChI is InChI=1S/C5H11O5P.C4H11NO2/c6-11(7,8)10-4-5-2-1-3-9-5;6-3-1-5-2-4-7/h5H,1-4H2,(H2,6,7,8);5-7H,1-4H2/p-2. The number of nitrogens with one attached hydrogen (secondary N) is 1. The molecule has 3 N–H and O–H groups in total. The van der Waals surface area contributed by atoms with Crippen molar-refractivity contribution in [2.45, 2.75) is 18.9 Å². The lowest BCUT2D eigenvalue weighted by Crippen LogP contribution is -2.21. The Balaban J connectivity index is 0.000000360. The van der Waals surface area contributed by atoms with Gasteiger partial charge in [-0.3, -0.25) is 0 Å². The van der Waals surface area contributed by atoms with Gasteiger partial charge in [-0.25, -0.2) is 0 Å². The first-order valence-corrected chi connectivity index (χ1v) is 7.16. The second-order valence-corrected chi connectivity index (χ2v) is 4.73. The zero-order valence-corrected chi connectivity index (χ0v) is 11.0. The summed E-state index contributed by atoms with van der Waals surface area (Å²) < 4.78 is 19.0. The number of rotatable bonds is 7. The molecule has 0 amide bonds. The summed E-state index contributed by atoms with van der Waals surface area (Å²) in [5.74, 6) is 0. The fraction of sp³-hybridized carbons (Fsp3) is 1.00. The molecule has 1 fully saturated rings. The highest BCUT2D eigenvalue weighted by molar-refractivity contribution is 7.43. The fourth-order valence-electron chi connectivity index (χ4n) is 1.23. The molecular weight excluding hydrogens is 265 g/mol. The van der Waals surface area contributed by atoms with Crippen molar-refractivity contribution >= 4 is 7.82 Å². The van der Waals surface area contributed by atoms with E-state index in [-0.39, 0.29) is 25.9 Å². The van der Waals surface area contributed by atoms with Crippen molar-refractivity contribution in [1.82, 2.24) is 5.32 Å². The lowest BCUT2D eigenvalue weighted by Gasteiger charge is -2.29. The van der Waals surface area contributed by atoms with Gasteiger partial charge in [0.15, 0.2) is 0 Å². The summed E-state index contributed by atoms with van der Waals surface area (Å²) in [7, 11) is -4.80. The maximum absolute atomic E-state index is 9.98. The molecule has 0 aromatic carbocycles. The van der Waals surface area contributed by atoms with E-state index in [2.05, 4.69) is 9.84 Å². The molecule has 1 aliphatic rings. The van der Waals surface area contributed by atoms with Gasteiger partial charge in [-0.2, -0.15) is 0 Å². The predicted octanol–water partition coefficient (Wildman–Crippen LogP) is -2.43. The average molecular weight is 285 g/mol. The first kappa shape index (κ1) is 17.9. The van der Waals surface area contributed by atoms with Crippen molar-refractivity contribution < 1.29 is 33.8 Å². The van der Waals surface area contributed by atoms with Gasteiger partial charge >= 0.3 is 0 Å². The van der Waals surface area contributed by atoms with Crippen LogP contribution in [0.5, 0.6) is 0 Å². The molecule has 1 atom stereocenters. The van der Waals surface area contributed by atoms with E-state index in [1.165, 1.54) is 0 Å². The normalized spacial score (nSPS) is 19.4. The third-order valence-corrected chi connectivity index (χ3v) is 2.48. The molecule has 0 bridgehead atoms. The Morgan fingerprint density at radius 1 is 1.33 bits per heavy atom. The Bertz CT molecular complexity index is 225. The minimum absolute atomic E-state index is 0.135. The molecule has 0 aromatic heterocycles. The topological polar surface area (TPSA) is 134 Å². The number of phosphoric acid groups is 1. The fourth-order valence-corrected chi connectivity index (χ4v) is 1.58. The molecule has 8 nitrogen and oxygen atoms in total. The van der Waals surface area contributed by atoms with Crippen LogP contribution in [0.4, 0.5) is 0 Å². The summed E-state index contributed by atoms with van der Waals surface area (Å²) in [4.78, 5) is 20.0. The number of hydrogen-bond acceptors (Lipinski definition) is 8. The highest BCUT2D eigenvalue weighted by Crippen LogP contribution is 2.26. The summed E-state index contributed by atoms with van der Waals surface area (Å²) in [5.41, 5.74) is 0. The van der Waals surface area contributed by atoms with Crippen LogP contribution in [0.15, 0.2) is 0 Å². The Kier molecular flexibility index (Phi) is 10.8. The molecule has 0 spiro atoms. The summed E-state index contributed by atoms with van der Waals surface area (Å²) in [5, 5.41) is 19.1. The van der Waals surface area contributed by atoms with E-state index < -0.39 is 7.82 Å². The smallest absolute Gasteiger partial charge is 0.0813 e. The van der Waals surface area contributed by atoms with E-state index in [1.54, 1.807) is 0 Å². The Morgan fingerprint density at radius 2 is 1.94 bits per heavy atom. The molecule has 1 aliphatic heterocycles. The highest BCUT2D eigenvalue weighted by Gasteiger charge is 2.15. The van der Waals surface area contributed by atoms with Gasteiger partial charge in [0.1, 0.15) is 0 Å². The first-order chi connectivity index (χ1) is 8.49. The molecular formula is C9H20NO7P-2. The lowest BCUT2D eigenvalue weighted by atomic mass is 10.2. The molecule has 0 saturated carbocycles. The second kappa shape index (κ2) is 10.8. The van der Waals surface area contributed by atoms with Crippen LogP contribution in [-0.4, -0.2) is 55.8 Å². The van der Waals surface area contributed by atoms with Gasteiger partial charge in [-0.15, -0.1) is 0 Å². The Labute approximate surface area is 106 Å². The summed E-state index contributed by atoms with van der Waals surface area (Å²) >= 11 is 0. The molecule has 0 aliphatic carbocycles. The third-order valence-electron chi connectivity index (χ3n) is 2.02. The molecule has 1 heterocycles. The van der Waals surface area contributed by atoms with Crippen LogP contribution in [0.25, 0.3) is 0 Å². The lowest BCUT2D eigenvalue weighted by molar-refractivity contribution is -0.342. The van der Waals surface area contributed by atoms with E-state index in [0.717, 1.165) is 12.8 Å². The molecule has 9 heteroatoms. The van der Waals surface area contributed by atoms with E-state index in [0.29, 0.717) is 19.7 Å². The van der Waals surface area contributed by atoms with Gasteiger partial charge < -0.3 is 39.1 Å². The minimum atomic E-state index is -4.80. The molecule has 0 aromatic rings. The van der Waals surface area contributed by atoms with E-state index >= 15 is 0 Å². The third kappa shape index (κ3) is 12.4. The van der Waals surface area contributed by atoms with E-state index in [4.69, 9.17) is 14.9 Å². The highest BCUT2D eigenvalue weighted by atomic mass is 31.2. The van der Waals surface area contributed by atoms with Gasteiger partial charge in [0, 0.05) is 19.7 Å². The van der Waals surface area contributed by atoms with E-state index in [1.807, 2.05) is 0 Å². The van der Waals surface area contributed by atoms with Crippen LogP contribution in [0.1, 0.15) is 12.8 Å². The summed E-state index contributed by atoms with van der Waals surface area (Å²) in [6, 6.07) is 0. The van der Waals surface area contributed by atoms with Crippen LogP contribution in [-0.2, 0) is 13.8 Å². The molecule has 0 radical (unpaired) electrons. The van der Waals surface area contributed by atoms with Gasteiger partial charge in [0.05, 0.1) is 33.7 Å². The average Bonchev–Trinajstić information content (AvgIpc) is 2.80. The molecule has 1 unspecified atom stereocenters. The van der Waals surface area contributed by atoms with Crippen LogP contribution >= 0.6 is 7.82 Å². The second-order valence-electron chi connectivity index (χ2n) is 3.58. The van der Waals surface area contributed by atoms with Crippen molar-refractivity contribution in [3.63, 3.8) is 0 Å². The zero-order valence-electron chi connectivity index (χ0n) is 10.1. The number of hydrogen-bond donors (Lipinski definition) is 3. The quantitative estimate of drug-likeness (QED) is 0.347. The molecule has 1 rings (SSSR count). The summed E-state index contributed by atoms with van der Waals surface area (Å²) in [6.45, 7) is 1.90. The number of aliphatic hydroxyl groups excluding tert-OH is 2. The summed E-state index contributed by atoms with van der Waals surface area (Å²) in [6.07, 6.45) is 1.45. The molecule has 110 valence electrons. The zero-order chi connectivity index (χ0) is 13.9. The Morgan fingerprint density at radius 3 is 2.33 bits per heavy atom. The van der Waals surface area contributed by atoms with Crippen LogP contribution in [0.2, 0.25) is 0 Å². The largest absolute Gasteiger partial charge is 0.790 e. The number of aliphatic hydroxyl groups is 2. The van der Waals surface area contributed by atoms with Gasteiger partial charge in [0.2, 0.25) is 0 Å². The van der Waals surface area contributed by atoms with Crippen molar-refractivity contribution in [1.29, 1.82) is 0 Å². The maximum atomic E-state index is 9.98. The van der Waals surface area contributed by atoms with Gasteiger partial charge in [-0.1, -0.05) is 0 Å².